The van der Waals surface area contributed by atoms with Gasteiger partial charge >= 0.3 is 123 Å². The molecule has 0 aromatic heterocycles. The number of rotatable bonds is 3. The fourth-order valence-corrected chi connectivity index (χ4v) is 8.93. The molecule has 0 aromatic rings. The van der Waals surface area contributed by atoms with Crippen molar-refractivity contribution in [3.63, 3.8) is 0 Å². The van der Waals surface area contributed by atoms with Crippen LogP contribution in [0, 0.1) is 0 Å². The normalized spacial score (nSPS) is 17.9. The Hall–Kier alpha value is 0.846. The van der Waals surface area contributed by atoms with Gasteiger partial charge in [-0.05, 0) is 62.8 Å². The van der Waals surface area contributed by atoms with Crippen LogP contribution in [-0.4, -0.2) is 0 Å². The first-order valence-corrected chi connectivity index (χ1v) is 24.4. The summed E-state index contributed by atoms with van der Waals surface area (Å²) in [7, 11) is 11.5. The molecule has 0 amide bonds. The van der Waals surface area contributed by atoms with Crippen molar-refractivity contribution in [1.82, 2.24) is 0 Å². The third kappa shape index (κ3) is 9.84. The Kier molecular flexibility index (Phi) is 16.9. The Morgan fingerprint density at radius 2 is 1.19 bits per heavy atom. The maximum atomic E-state index is 5.74. The summed E-state index contributed by atoms with van der Waals surface area (Å²) in [5.41, 5.74) is 9.08. The van der Waals surface area contributed by atoms with Gasteiger partial charge in [0.05, 0.1) is 0 Å². The van der Waals surface area contributed by atoms with E-state index in [1.165, 1.54) is 32.0 Å². The van der Waals surface area contributed by atoms with Crippen molar-refractivity contribution < 1.29 is 65.9 Å². The van der Waals surface area contributed by atoms with E-state index in [1.807, 2.05) is 12.2 Å². The van der Waals surface area contributed by atoms with Gasteiger partial charge in [0.2, 0.25) is 0 Å². The molecule has 0 saturated carbocycles. The van der Waals surface area contributed by atoms with Crippen LogP contribution in [0.25, 0.3) is 0 Å². The van der Waals surface area contributed by atoms with E-state index in [-0.39, 0.29) is 24.8 Å². The molecular formula is C26H34Cl4Zr2. The van der Waals surface area contributed by atoms with Crippen LogP contribution in [0.4, 0.5) is 0 Å². The number of allylic oxidation sites excluding steroid dienone is 16. The van der Waals surface area contributed by atoms with Gasteiger partial charge in [0.1, 0.15) is 0 Å². The molecule has 4 aliphatic rings. The number of halogens is 4. The van der Waals surface area contributed by atoms with E-state index in [2.05, 4.69) is 73.4 Å². The molecule has 0 bridgehead atoms. The zero-order chi connectivity index (χ0) is 22.3. The van der Waals surface area contributed by atoms with E-state index in [9.17, 15) is 0 Å². The zero-order valence-electron chi connectivity index (χ0n) is 20.0. The zero-order valence-corrected chi connectivity index (χ0v) is 27.9. The van der Waals surface area contributed by atoms with Crippen LogP contribution in [0.1, 0.15) is 53.4 Å². The van der Waals surface area contributed by atoms with Gasteiger partial charge in [-0.25, -0.2) is 0 Å². The fraction of sp³-hybridized carbons (Fsp3) is 0.385. The van der Waals surface area contributed by atoms with Gasteiger partial charge in [-0.3, -0.25) is 0 Å². The third-order valence-corrected chi connectivity index (χ3v) is 15.2. The van der Waals surface area contributed by atoms with Crippen LogP contribution in [-0.2, 0) is 41.1 Å². The molecule has 0 radical (unpaired) electrons. The van der Waals surface area contributed by atoms with Crippen molar-refractivity contribution in [1.29, 1.82) is 0 Å². The molecule has 6 heteroatoms. The van der Waals surface area contributed by atoms with E-state index < -0.39 is 41.1 Å². The van der Waals surface area contributed by atoms with Gasteiger partial charge in [0, 0.05) is 0 Å². The molecule has 4 rings (SSSR count). The van der Waals surface area contributed by atoms with Gasteiger partial charge in [0.15, 0.2) is 0 Å². The minimum absolute atomic E-state index is 0. The molecule has 32 heavy (non-hydrogen) atoms. The molecule has 4 aliphatic carbocycles. The first-order valence-electron chi connectivity index (χ1n) is 10.7. The first kappa shape index (κ1) is 32.8. The van der Waals surface area contributed by atoms with Crippen molar-refractivity contribution in [3.05, 3.63) is 88.6 Å². The van der Waals surface area contributed by atoms with Crippen molar-refractivity contribution >= 4 is 17.0 Å². The number of hydrogen-bond acceptors (Lipinski definition) is 0. The van der Waals surface area contributed by atoms with Crippen molar-refractivity contribution in [2.24, 2.45) is 0 Å². The van der Waals surface area contributed by atoms with Gasteiger partial charge in [-0.15, -0.1) is 0 Å². The second-order valence-corrected chi connectivity index (χ2v) is 23.3. The Morgan fingerprint density at radius 1 is 0.719 bits per heavy atom. The third-order valence-electron chi connectivity index (χ3n) is 6.10. The average molecular weight is 671 g/mol. The van der Waals surface area contributed by atoms with Crippen molar-refractivity contribution in [2.75, 3.05) is 0 Å². The Labute approximate surface area is 231 Å². The predicted molar refractivity (Wildman–Crippen MR) is 129 cm³/mol. The van der Waals surface area contributed by atoms with E-state index in [1.54, 1.807) is 14.4 Å². The van der Waals surface area contributed by atoms with Gasteiger partial charge in [-0.2, -0.15) is 0 Å². The molecule has 174 valence electrons. The summed E-state index contributed by atoms with van der Waals surface area (Å²) < 4.78 is 7.91. The minimum atomic E-state index is -1.96. The van der Waals surface area contributed by atoms with E-state index >= 15 is 0 Å². The van der Waals surface area contributed by atoms with Crippen molar-refractivity contribution in [2.45, 2.75) is 62.6 Å². The SMILES string of the molecule is CC1=CCC(C2=C(C)C(C)=CC2)=C1C.[CH3][Zr+2]([CH3])[C]1=CC=CC1.[Cl-].[Cl-].[Cl][Zr]([Cl])[C]1=CC=CC1. The Bertz CT molecular complexity index is 821. The summed E-state index contributed by atoms with van der Waals surface area (Å²) >= 11 is -2.87. The second kappa shape index (κ2) is 16.5. The molecule has 0 atom stereocenters. The molecule has 0 N–H and O–H groups in total. The number of hydrogen-bond donors (Lipinski definition) is 0. The maximum absolute atomic E-state index is 5.74. The quantitative estimate of drug-likeness (QED) is 0.431. The molecule has 0 aromatic carbocycles. The van der Waals surface area contributed by atoms with Crippen LogP contribution in [0.2, 0.25) is 9.26 Å². The monoisotopic (exact) mass is 666 g/mol. The summed E-state index contributed by atoms with van der Waals surface area (Å²) in [6.45, 7) is 8.94. The fourth-order valence-electron chi connectivity index (χ4n) is 3.70. The molecule has 0 fully saturated rings. The average Bonchev–Trinajstić information content (AvgIpc) is 3.49. The summed E-state index contributed by atoms with van der Waals surface area (Å²) in [5, 5.41) is 0. The molecule has 0 saturated heterocycles. The van der Waals surface area contributed by atoms with Crippen LogP contribution >= 0.6 is 17.0 Å². The summed E-state index contributed by atoms with van der Waals surface area (Å²) in [6, 6.07) is 0. The topological polar surface area (TPSA) is 0 Å². The van der Waals surface area contributed by atoms with Crippen LogP contribution < -0.4 is 24.8 Å². The predicted octanol–water partition coefficient (Wildman–Crippen LogP) is 3.63. The van der Waals surface area contributed by atoms with E-state index in [0.717, 1.165) is 19.3 Å². The molecule has 0 aliphatic heterocycles. The van der Waals surface area contributed by atoms with E-state index in [0.29, 0.717) is 0 Å². The van der Waals surface area contributed by atoms with Gasteiger partial charge < -0.3 is 24.8 Å². The molecular weight excluding hydrogens is 637 g/mol. The van der Waals surface area contributed by atoms with Crippen LogP contribution in [0.5, 0.6) is 0 Å². The Morgan fingerprint density at radius 3 is 1.41 bits per heavy atom. The van der Waals surface area contributed by atoms with Gasteiger partial charge in [-0.1, -0.05) is 23.3 Å². The van der Waals surface area contributed by atoms with Gasteiger partial charge in [0.25, 0.3) is 0 Å². The molecule has 0 unspecified atom stereocenters. The molecule has 0 heterocycles. The van der Waals surface area contributed by atoms with Crippen LogP contribution in [0.3, 0.4) is 0 Å². The standard InChI is InChI=1S/C14H18.2C5H5.2CH3.4ClH.2Zr/c1-9-5-7-13(11(9)3)14-8-6-10(2)12(14)4;2*1-2-4-5-3-1;;;;;;;;/h5-6H,7-8H2,1-4H3;2*1-3H,4H2;2*1H3;4*1H;;/q;;;;;;;;;2*+2/p-4. The molecule has 0 nitrogen and oxygen atoms in total. The summed E-state index contributed by atoms with van der Waals surface area (Å²) in [6.07, 6.45) is 22.1. The van der Waals surface area contributed by atoms with Crippen LogP contribution in [0.15, 0.2) is 88.6 Å². The summed E-state index contributed by atoms with van der Waals surface area (Å²) in [5.74, 6) is 0. The van der Waals surface area contributed by atoms with Crippen molar-refractivity contribution in [3.8, 4) is 0 Å². The second-order valence-electron chi connectivity index (χ2n) is 8.30. The van der Waals surface area contributed by atoms with E-state index in [4.69, 9.17) is 17.0 Å². The summed E-state index contributed by atoms with van der Waals surface area (Å²) in [4.78, 5) is 0. The molecule has 0 spiro atoms. The Balaban J connectivity index is 0.000000465. The first-order chi connectivity index (χ1) is 14.2.